The summed E-state index contributed by atoms with van der Waals surface area (Å²) in [7, 11) is 0. The molecule has 1 aromatic carbocycles. The molecule has 0 saturated carbocycles. The van der Waals surface area contributed by atoms with Crippen LogP contribution in [0.4, 0.5) is 5.69 Å². The van der Waals surface area contributed by atoms with E-state index in [2.05, 4.69) is 23.1 Å². The van der Waals surface area contributed by atoms with Crippen molar-refractivity contribution in [3.05, 3.63) is 46.0 Å². The minimum Gasteiger partial charge on any atom is -0.361 e. The van der Waals surface area contributed by atoms with Crippen molar-refractivity contribution < 1.29 is 9.72 Å². The maximum Gasteiger partial charge on any atom is 0.276 e. The summed E-state index contributed by atoms with van der Waals surface area (Å²) in [5.74, 6) is -0.458. The Bertz CT molecular complexity index is 590. The van der Waals surface area contributed by atoms with E-state index in [1.165, 1.54) is 18.2 Å². The minimum absolute atomic E-state index is 0.0578. The molecule has 0 saturated heterocycles. The van der Waals surface area contributed by atoms with Crippen LogP contribution in [-0.2, 0) is 4.79 Å². The number of unbranched alkanes of at least 4 members (excludes halogenated alkanes) is 2. The second-order valence-corrected chi connectivity index (χ2v) is 5.13. The molecule has 1 amide bonds. The third kappa shape index (κ3) is 7.37. The Morgan fingerprint density at radius 2 is 2.04 bits per heavy atom. The van der Waals surface area contributed by atoms with Crippen LogP contribution in [0, 0.1) is 10.1 Å². The molecular formula is C15H20N4O3S. The zero-order valence-corrected chi connectivity index (χ0v) is 13.7. The standard InChI is InChI=1S/C15H20N4O3S/c1-2-3-6-11-16-15(23)18-17-14(20)10-9-12-7-4-5-8-13(12)19(21)22/h4-5,7-10H,2-3,6,11H2,1H3,(H,17,20)(H2,16,18,23)/b10-9+. The summed E-state index contributed by atoms with van der Waals surface area (Å²) < 4.78 is 0. The van der Waals surface area contributed by atoms with Crippen molar-refractivity contribution in [1.29, 1.82) is 0 Å². The lowest BCUT2D eigenvalue weighted by atomic mass is 10.1. The molecule has 1 aromatic rings. The van der Waals surface area contributed by atoms with Crippen LogP contribution >= 0.6 is 12.2 Å². The Morgan fingerprint density at radius 3 is 2.74 bits per heavy atom. The highest BCUT2D eigenvalue weighted by molar-refractivity contribution is 7.80. The number of hydrogen-bond acceptors (Lipinski definition) is 4. The summed E-state index contributed by atoms with van der Waals surface area (Å²) in [6.07, 6.45) is 5.82. The number of para-hydroxylation sites is 1. The molecule has 0 fully saturated rings. The van der Waals surface area contributed by atoms with Crippen LogP contribution in [0.25, 0.3) is 6.08 Å². The fourth-order valence-corrected chi connectivity index (χ4v) is 1.89. The number of carbonyl (C=O) groups excluding carboxylic acids is 1. The molecule has 0 aliphatic rings. The summed E-state index contributed by atoms with van der Waals surface area (Å²) in [4.78, 5) is 22.0. The van der Waals surface area contributed by atoms with Crippen molar-refractivity contribution in [3.8, 4) is 0 Å². The predicted molar refractivity (Wildman–Crippen MR) is 93.5 cm³/mol. The summed E-state index contributed by atoms with van der Waals surface area (Å²) >= 11 is 5.00. The number of nitrogens with zero attached hydrogens (tertiary/aromatic N) is 1. The lowest BCUT2D eigenvalue weighted by Gasteiger charge is -2.09. The maximum atomic E-state index is 11.7. The van der Waals surface area contributed by atoms with E-state index < -0.39 is 10.8 Å². The van der Waals surface area contributed by atoms with E-state index in [0.29, 0.717) is 10.7 Å². The number of nitrogens with one attached hydrogen (secondary N) is 3. The Hall–Kier alpha value is -2.48. The van der Waals surface area contributed by atoms with Crippen LogP contribution in [0.15, 0.2) is 30.3 Å². The molecule has 0 heterocycles. The summed E-state index contributed by atoms with van der Waals surface area (Å²) in [5, 5.41) is 14.2. The van der Waals surface area contributed by atoms with Gasteiger partial charge < -0.3 is 5.32 Å². The van der Waals surface area contributed by atoms with E-state index in [1.807, 2.05) is 0 Å². The van der Waals surface area contributed by atoms with Crippen LogP contribution < -0.4 is 16.2 Å². The number of nitro groups is 1. The van der Waals surface area contributed by atoms with E-state index in [9.17, 15) is 14.9 Å². The first-order valence-corrected chi connectivity index (χ1v) is 7.70. The number of carbonyl (C=O) groups is 1. The first kappa shape index (κ1) is 18.6. The number of rotatable bonds is 7. The van der Waals surface area contributed by atoms with Gasteiger partial charge in [-0.25, -0.2) is 0 Å². The van der Waals surface area contributed by atoms with Gasteiger partial charge in [0.2, 0.25) is 0 Å². The van der Waals surface area contributed by atoms with Gasteiger partial charge >= 0.3 is 0 Å². The van der Waals surface area contributed by atoms with Crippen LogP contribution in [0.5, 0.6) is 0 Å². The zero-order chi connectivity index (χ0) is 17.1. The van der Waals surface area contributed by atoms with Gasteiger partial charge in [-0.05, 0) is 30.8 Å². The lowest BCUT2D eigenvalue weighted by molar-refractivity contribution is -0.385. The van der Waals surface area contributed by atoms with Gasteiger partial charge in [-0.3, -0.25) is 25.8 Å². The van der Waals surface area contributed by atoms with Gasteiger partial charge in [0.25, 0.3) is 11.6 Å². The maximum absolute atomic E-state index is 11.7. The molecule has 0 spiro atoms. The zero-order valence-electron chi connectivity index (χ0n) is 12.9. The van der Waals surface area contributed by atoms with Gasteiger partial charge in [0, 0.05) is 18.7 Å². The van der Waals surface area contributed by atoms with Crippen LogP contribution in [0.3, 0.4) is 0 Å². The van der Waals surface area contributed by atoms with E-state index >= 15 is 0 Å². The molecule has 23 heavy (non-hydrogen) atoms. The van der Waals surface area contributed by atoms with Crippen LogP contribution in [0.1, 0.15) is 31.7 Å². The van der Waals surface area contributed by atoms with Gasteiger partial charge in [0.15, 0.2) is 5.11 Å². The third-order valence-corrected chi connectivity index (χ3v) is 3.16. The second kappa shape index (κ2) is 10.3. The molecule has 7 nitrogen and oxygen atoms in total. The van der Waals surface area contributed by atoms with Crippen LogP contribution in [-0.4, -0.2) is 22.5 Å². The van der Waals surface area contributed by atoms with Crippen molar-refractivity contribution in [2.45, 2.75) is 26.2 Å². The number of thiocarbonyl (C=S) groups is 1. The molecule has 124 valence electrons. The fourth-order valence-electron chi connectivity index (χ4n) is 1.74. The van der Waals surface area contributed by atoms with E-state index in [4.69, 9.17) is 12.2 Å². The normalized spacial score (nSPS) is 10.3. The van der Waals surface area contributed by atoms with Crippen LogP contribution in [0.2, 0.25) is 0 Å². The highest BCUT2D eigenvalue weighted by atomic mass is 32.1. The Balaban J connectivity index is 2.42. The predicted octanol–water partition coefficient (Wildman–Crippen LogP) is 2.29. The first-order chi connectivity index (χ1) is 11.0. The van der Waals surface area contributed by atoms with Crippen molar-refractivity contribution in [2.24, 2.45) is 0 Å². The molecule has 0 aliphatic carbocycles. The van der Waals surface area contributed by atoms with Crippen molar-refractivity contribution in [1.82, 2.24) is 16.2 Å². The Kier molecular flexibility index (Phi) is 8.30. The topological polar surface area (TPSA) is 96.3 Å². The Morgan fingerprint density at radius 1 is 1.30 bits per heavy atom. The lowest BCUT2D eigenvalue weighted by Crippen LogP contribution is -2.46. The monoisotopic (exact) mass is 336 g/mol. The quantitative estimate of drug-likeness (QED) is 0.232. The van der Waals surface area contributed by atoms with E-state index in [1.54, 1.807) is 18.2 Å². The fraction of sp³-hybridized carbons (Fsp3) is 0.333. The average molecular weight is 336 g/mol. The number of benzene rings is 1. The highest BCUT2D eigenvalue weighted by Gasteiger charge is 2.09. The third-order valence-electron chi connectivity index (χ3n) is 2.91. The molecule has 1 rings (SSSR count). The van der Waals surface area contributed by atoms with Gasteiger partial charge in [-0.2, -0.15) is 0 Å². The van der Waals surface area contributed by atoms with Gasteiger partial charge in [0.05, 0.1) is 10.5 Å². The smallest absolute Gasteiger partial charge is 0.276 e. The molecule has 3 N–H and O–H groups in total. The van der Waals surface area contributed by atoms with Gasteiger partial charge in [-0.15, -0.1) is 0 Å². The average Bonchev–Trinajstić information content (AvgIpc) is 2.55. The number of amides is 1. The summed E-state index contributed by atoms with van der Waals surface area (Å²) in [5.41, 5.74) is 5.26. The van der Waals surface area contributed by atoms with Crippen molar-refractivity contribution in [2.75, 3.05) is 6.54 Å². The molecule has 0 bridgehead atoms. The SMILES string of the molecule is CCCCCNC(=S)NNC(=O)/C=C/c1ccccc1[N+](=O)[O-]. The highest BCUT2D eigenvalue weighted by Crippen LogP contribution is 2.18. The largest absolute Gasteiger partial charge is 0.361 e. The molecule has 0 unspecified atom stereocenters. The van der Waals surface area contributed by atoms with Gasteiger partial charge in [-0.1, -0.05) is 31.9 Å². The molecule has 0 aromatic heterocycles. The first-order valence-electron chi connectivity index (χ1n) is 7.30. The van der Waals surface area contributed by atoms with Crippen molar-refractivity contribution in [3.63, 3.8) is 0 Å². The van der Waals surface area contributed by atoms with Gasteiger partial charge in [0.1, 0.15) is 0 Å². The summed E-state index contributed by atoms with van der Waals surface area (Å²) in [6.45, 7) is 2.85. The van der Waals surface area contributed by atoms with E-state index in [0.717, 1.165) is 25.8 Å². The molecule has 0 atom stereocenters. The number of hydrogen-bond donors (Lipinski definition) is 3. The van der Waals surface area contributed by atoms with E-state index in [-0.39, 0.29) is 5.69 Å². The molecule has 8 heteroatoms. The second-order valence-electron chi connectivity index (χ2n) is 4.73. The molecule has 0 aliphatic heterocycles. The Labute approximate surface area is 140 Å². The summed E-state index contributed by atoms with van der Waals surface area (Å²) in [6, 6.07) is 6.18. The van der Waals surface area contributed by atoms with Crippen molar-refractivity contribution >= 4 is 35.0 Å². The minimum atomic E-state index is -0.495. The number of nitro benzene ring substituents is 1. The molecular weight excluding hydrogens is 316 g/mol. The number of hydrazine groups is 1. The molecule has 0 radical (unpaired) electrons.